The Kier molecular flexibility index (Phi) is 7.41. The van der Waals surface area contributed by atoms with Crippen LogP contribution >= 0.6 is 0 Å². The molecular weight excluding hydrogens is 160 g/mol. The van der Waals surface area contributed by atoms with E-state index < -0.39 is 11.1 Å². The number of rotatable bonds is 7. The predicted octanol–water partition coefficient (Wildman–Crippen LogP) is 1.82. The van der Waals surface area contributed by atoms with Crippen molar-refractivity contribution in [2.24, 2.45) is 0 Å². The predicted molar refractivity (Wildman–Crippen MR) is 48.6 cm³/mol. The summed E-state index contributed by atoms with van der Waals surface area (Å²) in [6, 6.07) is 0. The summed E-state index contributed by atoms with van der Waals surface area (Å²) in [6.07, 6.45) is 5.20. The molecule has 0 saturated heterocycles. The van der Waals surface area contributed by atoms with Crippen LogP contribution in [-0.2, 0) is 15.3 Å². The zero-order valence-corrected chi connectivity index (χ0v) is 7.44. The highest BCUT2D eigenvalue weighted by Crippen LogP contribution is 1.93. The molecule has 0 bridgehead atoms. The van der Waals surface area contributed by atoms with Gasteiger partial charge >= 0.3 is 0 Å². The van der Waals surface area contributed by atoms with Crippen LogP contribution in [0.4, 0.5) is 0 Å². The second kappa shape index (κ2) is 7.69. The Labute approximate surface area is 70.6 Å². The highest BCUT2D eigenvalue weighted by atomic mass is 32.2. The Hall–Kier alpha value is -0.410. The second-order valence-electron chi connectivity index (χ2n) is 2.01. The van der Waals surface area contributed by atoms with Gasteiger partial charge in [-0.1, -0.05) is 12.2 Å². The number of hydrogen-bond donors (Lipinski definition) is 0. The molecule has 0 fully saturated rings. The molecule has 1 atom stereocenters. The van der Waals surface area contributed by atoms with Gasteiger partial charge in [0.15, 0.2) is 11.1 Å². The molecule has 0 radical (unpaired) electrons. The molecule has 64 valence electrons. The molecule has 0 amide bonds. The van der Waals surface area contributed by atoms with E-state index in [2.05, 4.69) is 13.2 Å². The van der Waals surface area contributed by atoms with Gasteiger partial charge in [-0.15, -0.1) is 13.2 Å². The van der Waals surface area contributed by atoms with Gasteiger partial charge in [-0.25, -0.2) is 4.21 Å². The van der Waals surface area contributed by atoms with Crippen molar-refractivity contribution in [1.82, 2.24) is 0 Å². The lowest BCUT2D eigenvalue weighted by molar-refractivity contribution is 0.342. The van der Waals surface area contributed by atoms with E-state index >= 15 is 0 Å². The van der Waals surface area contributed by atoms with Crippen LogP contribution in [0.3, 0.4) is 0 Å². The van der Waals surface area contributed by atoms with Gasteiger partial charge in [0.25, 0.3) is 0 Å². The van der Waals surface area contributed by atoms with Gasteiger partial charge in [0.2, 0.25) is 0 Å². The zero-order valence-electron chi connectivity index (χ0n) is 6.62. The summed E-state index contributed by atoms with van der Waals surface area (Å²) < 4.78 is 15.7. The van der Waals surface area contributed by atoms with Crippen molar-refractivity contribution in [2.75, 3.05) is 12.4 Å². The quantitative estimate of drug-likeness (QED) is 0.434. The number of allylic oxidation sites excluding steroid dienone is 1. The highest BCUT2D eigenvalue weighted by Gasteiger charge is 1.94. The van der Waals surface area contributed by atoms with Crippen LogP contribution < -0.4 is 0 Å². The minimum atomic E-state index is -1.18. The average molecular weight is 174 g/mol. The van der Waals surface area contributed by atoms with Gasteiger partial charge in [-0.05, 0) is 12.8 Å². The van der Waals surface area contributed by atoms with E-state index in [-0.39, 0.29) is 0 Å². The molecule has 0 aliphatic carbocycles. The first-order valence-corrected chi connectivity index (χ1v) is 4.79. The van der Waals surface area contributed by atoms with Crippen LogP contribution in [0.2, 0.25) is 0 Å². The molecule has 1 unspecified atom stereocenters. The monoisotopic (exact) mass is 174 g/mol. The molecule has 0 saturated carbocycles. The van der Waals surface area contributed by atoms with E-state index in [9.17, 15) is 4.21 Å². The molecule has 2 nitrogen and oxygen atoms in total. The van der Waals surface area contributed by atoms with E-state index in [1.165, 1.54) is 0 Å². The van der Waals surface area contributed by atoms with Crippen LogP contribution in [0, 0.1) is 0 Å². The third kappa shape index (κ3) is 7.49. The third-order valence-electron chi connectivity index (χ3n) is 1.02. The van der Waals surface area contributed by atoms with Crippen LogP contribution in [0.25, 0.3) is 0 Å². The van der Waals surface area contributed by atoms with Gasteiger partial charge in [0, 0.05) is 0 Å². The Bertz CT molecular complexity index is 143. The van der Waals surface area contributed by atoms with Gasteiger partial charge in [-0.2, -0.15) is 0 Å². The Morgan fingerprint density at radius 2 is 2.09 bits per heavy atom. The Morgan fingerprint density at radius 1 is 1.36 bits per heavy atom. The fourth-order valence-electron chi connectivity index (χ4n) is 0.524. The standard InChI is InChI=1S/C8H14O2S/c1-3-5-6-7-10-11(9)8-4-2/h3-4H,1-2,5-8H2. The Morgan fingerprint density at radius 3 is 2.64 bits per heavy atom. The first kappa shape index (κ1) is 10.6. The van der Waals surface area contributed by atoms with Crippen molar-refractivity contribution in [3.63, 3.8) is 0 Å². The first-order chi connectivity index (χ1) is 5.31. The van der Waals surface area contributed by atoms with Crippen molar-refractivity contribution < 1.29 is 8.39 Å². The van der Waals surface area contributed by atoms with Crippen molar-refractivity contribution >= 4 is 11.1 Å². The summed E-state index contributed by atoms with van der Waals surface area (Å²) in [5.41, 5.74) is 0. The van der Waals surface area contributed by atoms with Crippen molar-refractivity contribution in [1.29, 1.82) is 0 Å². The summed E-state index contributed by atoms with van der Waals surface area (Å²) in [5.74, 6) is 0.411. The molecule has 0 aromatic heterocycles. The number of hydrogen-bond acceptors (Lipinski definition) is 2. The maximum Gasteiger partial charge on any atom is 0.159 e. The van der Waals surface area contributed by atoms with Crippen LogP contribution in [0.5, 0.6) is 0 Å². The normalized spacial score (nSPS) is 12.4. The first-order valence-electron chi connectivity index (χ1n) is 3.54. The summed E-state index contributed by atoms with van der Waals surface area (Å²) in [6.45, 7) is 7.56. The summed E-state index contributed by atoms with van der Waals surface area (Å²) in [7, 11) is 0. The Balaban J connectivity index is 3.16. The van der Waals surface area contributed by atoms with E-state index in [0.717, 1.165) is 12.8 Å². The smallest absolute Gasteiger partial charge is 0.159 e. The molecule has 3 heteroatoms. The molecule has 0 N–H and O–H groups in total. The van der Waals surface area contributed by atoms with Crippen LogP contribution in [-0.4, -0.2) is 16.6 Å². The van der Waals surface area contributed by atoms with E-state index in [0.29, 0.717) is 12.4 Å². The molecular formula is C8H14O2S. The lowest BCUT2D eigenvalue weighted by Gasteiger charge is -1.98. The van der Waals surface area contributed by atoms with Gasteiger partial charge in [0.05, 0.1) is 12.4 Å². The fourth-order valence-corrected chi connectivity index (χ4v) is 1.12. The topological polar surface area (TPSA) is 26.3 Å². The van der Waals surface area contributed by atoms with Gasteiger partial charge < -0.3 is 0 Å². The fraction of sp³-hybridized carbons (Fsp3) is 0.500. The van der Waals surface area contributed by atoms with Crippen molar-refractivity contribution in [3.8, 4) is 0 Å². The molecule has 0 aromatic rings. The summed E-state index contributed by atoms with van der Waals surface area (Å²) in [5, 5.41) is 0. The molecule has 0 spiro atoms. The molecule has 0 aliphatic heterocycles. The third-order valence-corrected chi connectivity index (χ3v) is 1.96. The molecule has 0 rings (SSSR count). The number of unbranched alkanes of at least 4 members (excludes halogenated alkanes) is 1. The van der Waals surface area contributed by atoms with Crippen molar-refractivity contribution in [2.45, 2.75) is 12.8 Å². The van der Waals surface area contributed by atoms with Gasteiger partial charge in [0.1, 0.15) is 0 Å². The van der Waals surface area contributed by atoms with E-state index in [4.69, 9.17) is 4.18 Å². The SMILES string of the molecule is C=CCCCOS(=O)CC=C. The van der Waals surface area contributed by atoms with E-state index in [1.54, 1.807) is 6.08 Å². The molecule has 0 heterocycles. The average Bonchev–Trinajstić information content (AvgIpc) is 1.99. The largest absolute Gasteiger partial charge is 0.290 e. The molecule has 11 heavy (non-hydrogen) atoms. The van der Waals surface area contributed by atoms with E-state index in [1.807, 2.05) is 6.08 Å². The van der Waals surface area contributed by atoms with Crippen molar-refractivity contribution in [3.05, 3.63) is 25.3 Å². The van der Waals surface area contributed by atoms with Gasteiger partial charge in [-0.3, -0.25) is 4.18 Å². The molecule has 0 aromatic carbocycles. The minimum Gasteiger partial charge on any atom is -0.290 e. The second-order valence-corrected chi connectivity index (χ2v) is 3.19. The lowest BCUT2D eigenvalue weighted by atomic mass is 10.3. The maximum atomic E-state index is 10.8. The molecule has 0 aliphatic rings. The van der Waals surface area contributed by atoms with Crippen LogP contribution in [0.15, 0.2) is 25.3 Å². The maximum absolute atomic E-state index is 10.8. The summed E-state index contributed by atoms with van der Waals surface area (Å²) in [4.78, 5) is 0. The highest BCUT2D eigenvalue weighted by molar-refractivity contribution is 7.80. The van der Waals surface area contributed by atoms with Crippen LogP contribution in [0.1, 0.15) is 12.8 Å². The lowest BCUT2D eigenvalue weighted by Crippen LogP contribution is -2.01. The summed E-state index contributed by atoms with van der Waals surface area (Å²) >= 11 is -1.18. The minimum absolute atomic E-state index is 0.411. The zero-order chi connectivity index (χ0) is 8.53.